The van der Waals surface area contributed by atoms with Crippen molar-refractivity contribution in [3.05, 3.63) is 47.8 Å². The summed E-state index contributed by atoms with van der Waals surface area (Å²) in [7, 11) is -5.56. The molecular weight excluding hydrogens is 394 g/mol. The van der Waals surface area contributed by atoms with Crippen molar-refractivity contribution in [2.45, 2.75) is 56.9 Å². The van der Waals surface area contributed by atoms with E-state index >= 15 is 0 Å². The first kappa shape index (κ1) is 20.9. The molecule has 2 heterocycles. The minimum atomic E-state index is -4.88. The van der Waals surface area contributed by atoms with Gasteiger partial charge in [-0.3, -0.25) is 0 Å². The summed E-state index contributed by atoms with van der Waals surface area (Å²) in [6, 6.07) is 6.37. The summed E-state index contributed by atoms with van der Waals surface area (Å²) in [6.07, 6.45) is -3.96. The highest BCUT2D eigenvalue weighted by molar-refractivity contribution is 7.90. The van der Waals surface area contributed by atoms with Crippen LogP contribution in [0.4, 0.5) is 13.2 Å². The molecule has 0 spiro atoms. The van der Waals surface area contributed by atoms with Crippen molar-refractivity contribution in [3.8, 4) is 0 Å². The fourth-order valence-electron chi connectivity index (χ4n) is 2.80. The topological polar surface area (TPSA) is 57.5 Å². The molecule has 0 amide bonds. The molecule has 0 N–H and O–H groups in total. The summed E-state index contributed by atoms with van der Waals surface area (Å²) < 4.78 is 78.3. The van der Waals surface area contributed by atoms with Gasteiger partial charge in [0.05, 0.1) is 16.1 Å². The van der Waals surface area contributed by atoms with Gasteiger partial charge in [0, 0.05) is 11.7 Å². The Labute approximate surface area is 162 Å². The van der Waals surface area contributed by atoms with E-state index in [1.807, 2.05) is 0 Å². The molecule has 1 saturated heterocycles. The van der Waals surface area contributed by atoms with Gasteiger partial charge < -0.3 is 9.31 Å². The lowest BCUT2D eigenvalue weighted by atomic mass is 9.81. The molecule has 1 aliphatic rings. The molecule has 28 heavy (non-hydrogen) atoms. The average Bonchev–Trinajstić information content (AvgIpc) is 3.08. The van der Waals surface area contributed by atoms with Crippen LogP contribution in [0.15, 0.2) is 41.4 Å². The van der Waals surface area contributed by atoms with E-state index in [9.17, 15) is 21.6 Å². The van der Waals surface area contributed by atoms with E-state index in [0.29, 0.717) is 0 Å². The molecule has 0 radical (unpaired) electrons. The Morgan fingerprint density at radius 3 is 1.96 bits per heavy atom. The monoisotopic (exact) mass is 415 g/mol. The Bertz CT molecular complexity index is 979. The molecule has 0 aliphatic carbocycles. The zero-order valence-electron chi connectivity index (χ0n) is 16.2. The second kappa shape index (κ2) is 6.37. The first-order valence-corrected chi connectivity index (χ1v) is 10.1. The molecule has 0 unspecified atom stereocenters. The van der Waals surface area contributed by atoms with Gasteiger partial charge in [-0.15, -0.1) is 0 Å². The maximum Gasteiger partial charge on any atom is 0.496 e. The lowest BCUT2D eigenvalue weighted by Crippen LogP contribution is -2.41. The van der Waals surface area contributed by atoms with E-state index in [1.165, 1.54) is 24.3 Å². The van der Waals surface area contributed by atoms with Crippen LogP contribution in [0, 0.1) is 6.92 Å². The third kappa shape index (κ3) is 3.49. The summed E-state index contributed by atoms with van der Waals surface area (Å²) in [5.74, 6) is 0. The largest absolute Gasteiger partial charge is 0.496 e. The predicted molar refractivity (Wildman–Crippen MR) is 98.9 cm³/mol. The average molecular weight is 415 g/mol. The van der Waals surface area contributed by atoms with Crippen LogP contribution in [-0.4, -0.2) is 30.7 Å². The SMILES string of the molecule is Cc1ccc(S(=O)(=O)n2cc(B3OC(C)(C)C(C)(C)O3)cc2C(F)(F)F)cc1. The number of rotatable bonds is 3. The van der Waals surface area contributed by atoms with Gasteiger partial charge in [-0.25, -0.2) is 12.4 Å². The lowest BCUT2D eigenvalue weighted by Gasteiger charge is -2.32. The van der Waals surface area contributed by atoms with E-state index < -0.39 is 40.2 Å². The quantitative estimate of drug-likeness (QED) is 0.722. The summed E-state index contributed by atoms with van der Waals surface area (Å²) in [6.45, 7) is 8.80. The van der Waals surface area contributed by atoms with Gasteiger partial charge in [0.2, 0.25) is 0 Å². The van der Waals surface area contributed by atoms with Gasteiger partial charge in [-0.05, 0) is 52.8 Å². The maximum absolute atomic E-state index is 13.6. The van der Waals surface area contributed by atoms with E-state index in [-0.39, 0.29) is 14.3 Å². The van der Waals surface area contributed by atoms with Crippen LogP contribution < -0.4 is 5.46 Å². The highest BCUT2D eigenvalue weighted by Gasteiger charge is 2.53. The molecule has 1 fully saturated rings. The number of hydrogen-bond acceptors (Lipinski definition) is 4. The molecule has 5 nitrogen and oxygen atoms in total. The zero-order chi connectivity index (χ0) is 21.1. The van der Waals surface area contributed by atoms with E-state index in [2.05, 4.69) is 0 Å². The number of alkyl halides is 3. The third-order valence-corrected chi connectivity index (χ3v) is 6.89. The third-order valence-electron chi connectivity index (χ3n) is 5.20. The highest BCUT2D eigenvalue weighted by atomic mass is 32.2. The zero-order valence-corrected chi connectivity index (χ0v) is 17.0. The summed E-state index contributed by atoms with van der Waals surface area (Å²) in [5.41, 5.74) is -2.07. The second-order valence-corrected chi connectivity index (χ2v) is 9.67. The minimum Gasteiger partial charge on any atom is -0.399 e. The van der Waals surface area contributed by atoms with Crippen LogP contribution in [0.25, 0.3) is 0 Å². The number of benzene rings is 1. The Hall–Kier alpha value is -1.78. The number of aromatic nitrogens is 1. The Morgan fingerprint density at radius 1 is 1.00 bits per heavy atom. The molecule has 0 saturated carbocycles. The number of halogens is 3. The fourth-order valence-corrected chi connectivity index (χ4v) is 4.18. The highest BCUT2D eigenvalue weighted by Crippen LogP contribution is 2.38. The molecule has 152 valence electrons. The van der Waals surface area contributed by atoms with Gasteiger partial charge in [0.1, 0.15) is 5.69 Å². The first-order valence-electron chi connectivity index (χ1n) is 8.62. The van der Waals surface area contributed by atoms with Crippen LogP contribution >= 0.6 is 0 Å². The molecule has 1 aliphatic heterocycles. The van der Waals surface area contributed by atoms with Crippen molar-refractivity contribution in [3.63, 3.8) is 0 Å². The van der Waals surface area contributed by atoms with Crippen LogP contribution in [0.1, 0.15) is 39.0 Å². The smallest absolute Gasteiger partial charge is 0.399 e. The van der Waals surface area contributed by atoms with Crippen LogP contribution in [0.3, 0.4) is 0 Å². The van der Waals surface area contributed by atoms with Gasteiger partial charge in [0.15, 0.2) is 0 Å². The Kier molecular flexibility index (Phi) is 4.76. The number of aryl methyl sites for hydroxylation is 1. The second-order valence-electron chi connectivity index (χ2n) is 7.86. The van der Waals surface area contributed by atoms with Crippen molar-refractivity contribution in [2.75, 3.05) is 0 Å². The van der Waals surface area contributed by atoms with Crippen molar-refractivity contribution in [1.82, 2.24) is 3.97 Å². The normalized spacial score (nSPS) is 19.2. The van der Waals surface area contributed by atoms with E-state index in [0.717, 1.165) is 17.8 Å². The minimum absolute atomic E-state index is 0.0124. The lowest BCUT2D eigenvalue weighted by molar-refractivity contribution is -0.141. The maximum atomic E-state index is 13.6. The first-order chi connectivity index (χ1) is 12.6. The summed E-state index contributed by atoms with van der Waals surface area (Å²) >= 11 is 0. The molecule has 1 aromatic carbocycles. The molecule has 10 heteroatoms. The van der Waals surface area contributed by atoms with Gasteiger partial charge >= 0.3 is 13.3 Å². The number of hydrogen-bond donors (Lipinski definition) is 0. The van der Waals surface area contributed by atoms with E-state index in [1.54, 1.807) is 34.6 Å². The van der Waals surface area contributed by atoms with Crippen molar-refractivity contribution < 1.29 is 30.9 Å². The summed E-state index contributed by atoms with van der Waals surface area (Å²) in [4.78, 5) is -0.236. The standard InChI is InChI=1S/C18H21BF3NO4S/c1-12-6-8-14(9-7-12)28(24,25)23-11-13(10-15(23)18(20,21)22)19-26-16(2,3)17(4,5)27-19/h6-11H,1-5H3. The summed E-state index contributed by atoms with van der Waals surface area (Å²) in [5, 5.41) is 0. The van der Waals surface area contributed by atoms with Crippen molar-refractivity contribution >= 4 is 22.6 Å². The van der Waals surface area contributed by atoms with Gasteiger partial charge in [0.25, 0.3) is 10.0 Å². The van der Waals surface area contributed by atoms with Gasteiger partial charge in [-0.1, -0.05) is 17.7 Å². The molecule has 2 aromatic rings. The molecule has 0 atom stereocenters. The fraction of sp³-hybridized carbons (Fsp3) is 0.444. The Balaban J connectivity index is 2.11. The predicted octanol–water partition coefficient (Wildman–Crippen LogP) is 3.35. The molecule has 0 bridgehead atoms. The van der Waals surface area contributed by atoms with Gasteiger partial charge in [-0.2, -0.15) is 13.2 Å². The van der Waals surface area contributed by atoms with Crippen LogP contribution in [-0.2, 0) is 25.5 Å². The van der Waals surface area contributed by atoms with E-state index in [4.69, 9.17) is 9.31 Å². The number of nitrogens with zero attached hydrogens (tertiary/aromatic N) is 1. The van der Waals surface area contributed by atoms with Crippen molar-refractivity contribution in [2.24, 2.45) is 0 Å². The molecule has 1 aromatic heterocycles. The Morgan fingerprint density at radius 2 is 1.50 bits per heavy atom. The van der Waals surface area contributed by atoms with Crippen LogP contribution in [0.5, 0.6) is 0 Å². The molecular formula is C18H21BF3NO4S. The molecule has 3 rings (SSSR count). The van der Waals surface area contributed by atoms with Crippen LogP contribution in [0.2, 0.25) is 0 Å². The van der Waals surface area contributed by atoms with Crippen molar-refractivity contribution in [1.29, 1.82) is 0 Å².